The van der Waals surface area contributed by atoms with Gasteiger partial charge >= 0.3 is 5.97 Å². The van der Waals surface area contributed by atoms with Crippen LogP contribution in [0.4, 0.5) is 5.00 Å². The predicted molar refractivity (Wildman–Crippen MR) is 101 cm³/mol. The summed E-state index contributed by atoms with van der Waals surface area (Å²) in [5, 5.41) is 4.14. The second-order valence-electron chi connectivity index (χ2n) is 6.40. The van der Waals surface area contributed by atoms with Crippen molar-refractivity contribution in [3.63, 3.8) is 0 Å². The topological polar surface area (TPSA) is 55.4 Å². The average molecular weight is 378 g/mol. The summed E-state index contributed by atoms with van der Waals surface area (Å²) < 4.78 is 4.94. The van der Waals surface area contributed by atoms with Gasteiger partial charge in [0.2, 0.25) is 5.91 Å². The van der Waals surface area contributed by atoms with Gasteiger partial charge in [0.25, 0.3) is 0 Å². The molecule has 0 fully saturated rings. The minimum absolute atomic E-state index is 0.154. The average Bonchev–Trinajstić information content (AvgIpc) is 2.92. The second-order valence-corrected chi connectivity index (χ2v) is 7.94. The first-order valence-corrected chi connectivity index (χ1v) is 9.44. The van der Waals surface area contributed by atoms with Crippen molar-refractivity contribution in [1.29, 1.82) is 0 Å². The molecular weight excluding hydrogens is 358 g/mol. The van der Waals surface area contributed by atoms with Crippen LogP contribution in [-0.2, 0) is 28.8 Å². The number of fused-ring (bicyclic) bond motifs is 1. The summed E-state index contributed by atoms with van der Waals surface area (Å²) >= 11 is 7.37. The first-order valence-electron chi connectivity index (χ1n) is 8.25. The molecule has 0 aliphatic heterocycles. The minimum Gasteiger partial charge on any atom is -0.465 e. The van der Waals surface area contributed by atoms with E-state index in [2.05, 4.69) is 12.2 Å². The van der Waals surface area contributed by atoms with E-state index < -0.39 is 0 Å². The zero-order valence-corrected chi connectivity index (χ0v) is 15.8. The van der Waals surface area contributed by atoms with Crippen LogP contribution in [0.25, 0.3) is 0 Å². The van der Waals surface area contributed by atoms with E-state index >= 15 is 0 Å². The fourth-order valence-electron chi connectivity index (χ4n) is 3.12. The van der Waals surface area contributed by atoms with E-state index in [0.717, 1.165) is 30.4 Å². The van der Waals surface area contributed by atoms with E-state index in [9.17, 15) is 9.59 Å². The highest BCUT2D eigenvalue weighted by atomic mass is 35.5. The number of carbonyl (C=O) groups excluding carboxylic acids is 2. The van der Waals surface area contributed by atoms with E-state index in [-0.39, 0.29) is 18.3 Å². The standard InChI is InChI=1S/C19H20ClNO3S/c1-11-3-8-14-15(9-11)25-18(17(14)19(23)24-2)21-16(22)10-12-4-6-13(20)7-5-12/h4-7,11H,3,8-10H2,1-2H3,(H,21,22). The van der Waals surface area contributed by atoms with Crippen LogP contribution in [-0.4, -0.2) is 19.0 Å². The van der Waals surface area contributed by atoms with Crippen LogP contribution in [0.3, 0.4) is 0 Å². The van der Waals surface area contributed by atoms with Crippen LogP contribution < -0.4 is 5.32 Å². The Morgan fingerprint density at radius 3 is 2.72 bits per heavy atom. The van der Waals surface area contributed by atoms with Crippen molar-refractivity contribution in [2.24, 2.45) is 5.92 Å². The maximum atomic E-state index is 12.4. The molecule has 0 radical (unpaired) electrons. The smallest absolute Gasteiger partial charge is 0.341 e. The predicted octanol–water partition coefficient (Wildman–Crippen LogP) is 4.49. The largest absolute Gasteiger partial charge is 0.465 e. The van der Waals surface area contributed by atoms with Crippen molar-refractivity contribution in [2.75, 3.05) is 12.4 Å². The molecule has 0 spiro atoms. The molecule has 0 bridgehead atoms. The van der Waals surface area contributed by atoms with Crippen molar-refractivity contribution in [3.05, 3.63) is 50.9 Å². The number of benzene rings is 1. The monoisotopic (exact) mass is 377 g/mol. The second kappa shape index (κ2) is 7.58. The van der Waals surface area contributed by atoms with Crippen molar-refractivity contribution in [2.45, 2.75) is 32.6 Å². The summed E-state index contributed by atoms with van der Waals surface area (Å²) in [5.41, 5.74) is 2.44. The van der Waals surface area contributed by atoms with E-state index in [4.69, 9.17) is 16.3 Å². The Morgan fingerprint density at radius 1 is 1.32 bits per heavy atom. The Bertz CT molecular complexity index is 798. The molecule has 0 saturated carbocycles. The van der Waals surface area contributed by atoms with Gasteiger partial charge in [0, 0.05) is 9.90 Å². The molecule has 0 saturated heterocycles. The number of hydrogen-bond donors (Lipinski definition) is 1. The molecule has 25 heavy (non-hydrogen) atoms. The number of esters is 1. The third kappa shape index (κ3) is 4.05. The van der Waals surface area contributed by atoms with E-state index in [1.54, 1.807) is 12.1 Å². The van der Waals surface area contributed by atoms with Gasteiger partial charge < -0.3 is 10.1 Å². The zero-order chi connectivity index (χ0) is 18.0. The highest BCUT2D eigenvalue weighted by Crippen LogP contribution is 2.40. The lowest BCUT2D eigenvalue weighted by atomic mass is 9.88. The van der Waals surface area contributed by atoms with Gasteiger partial charge in [-0.05, 0) is 48.4 Å². The molecule has 132 valence electrons. The fraction of sp³-hybridized carbons (Fsp3) is 0.368. The SMILES string of the molecule is COC(=O)c1c(NC(=O)Cc2ccc(Cl)cc2)sc2c1CCC(C)C2. The number of carbonyl (C=O) groups is 2. The van der Waals surface area contributed by atoms with Crippen LogP contribution in [0.15, 0.2) is 24.3 Å². The van der Waals surface area contributed by atoms with Gasteiger partial charge in [0.05, 0.1) is 19.1 Å². The van der Waals surface area contributed by atoms with Crippen LogP contribution in [0.2, 0.25) is 5.02 Å². The van der Waals surface area contributed by atoms with Gasteiger partial charge in [0.1, 0.15) is 5.00 Å². The Morgan fingerprint density at radius 2 is 2.04 bits per heavy atom. The van der Waals surface area contributed by atoms with Crippen molar-refractivity contribution < 1.29 is 14.3 Å². The number of rotatable bonds is 4. The third-order valence-electron chi connectivity index (χ3n) is 4.43. The number of methoxy groups -OCH3 is 1. The molecule has 1 aliphatic rings. The van der Waals surface area contributed by atoms with E-state index in [1.165, 1.54) is 23.3 Å². The first-order chi connectivity index (χ1) is 12.0. The molecule has 6 heteroatoms. The quantitative estimate of drug-likeness (QED) is 0.798. The summed E-state index contributed by atoms with van der Waals surface area (Å²) in [6.07, 6.45) is 3.07. The van der Waals surface area contributed by atoms with Gasteiger partial charge in [-0.25, -0.2) is 4.79 Å². The Balaban J connectivity index is 1.82. The highest BCUT2D eigenvalue weighted by molar-refractivity contribution is 7.17. The molecule has 1 N–H and O–H groups in total. The minimum atomic E-state index is -0.381. The molecular formula is C19H20ClNO3S. The molecule has 1 unspecified atom stereocenters. The number of anilines is 1. The lowest BCUT2D eigenvalue weighted by Gasteiger charge is -2.18. The van der Waals surface area contributed by atoms with Gasteiger partial charge in [-0.15, -0.1) is 11.3 Å². The number of nitrogens with one attached hydrogen (secondary N) is 1. The molecule has 1 aromatic heterocycles. The van der Waals surface area contributed by atoms with Crippen LogP contribution in [0.1, 0.15) is 39.7 Å². The molecule has 1 amide bonds. The summed E-state index contributed by atoms with van der Waals surface area (Å²) in [4.78, 5) is 25.8. The molecule has 3 rings (SSSR count). The van der Waals surface area contributed by atoms with Crippen molar-refractivity contribution in [3.8, 4) is 0 Å². The van der Waals surface area contributed by atoms with Gasteiger partial charge in [-0.1, -0.05) is 30.7 Å². The van der Waals surface area contributed by atoms with Crippen LogP contribution in [0, 0.1) is 5.92 Å². The van der Waals surface area contributed by atoms with Gasteiger partial charge in [-0.3, -0.25) is 4.79 Å². The van der Waals surface area contributed by atoms with Gasteiger partial charge in [-0.2, -0.15) is 0 Å². The number of hydrogen-bond acceptors (Lipinski definition) is 4. The van der Waals surface area contributed by atoms with Crippen LogP contribution >= 0.6 is 22.9 Å². The zero-order valence-electron chi connectivity index (χ0n) is 14.2. The fourth-order valence-corrected chi connectivity index (χ4v) is 4.66. The maximum absolute atomic E-state index is 12.4. The lowest BCUT2D eigenvalue weighted by molar-refractivity contribution is -0.115. The molecule has 1 aliphatic carbocycles. The summed E-state index contributed by atoms with van der Waals surface area (Å²) in [6.45, 7) is 2.21. The Hall–Kier alpha value is -1.85. The number of halogens is 1. The normalized spacial score (nSPS) is 16.2. The molecule has 1 heterocycles. The molecule has 2 aromatic rings. The van der Waals surface area contributed by atoms with E-state index in [0.29, 0.717) is 21.5 Å². The highest BCUT2D eigenvalue weighted by Gasteiger charge is 2.28. The molecule has 4 nitrogen and oxygen atoms in total. The summed E-state index contributed by atoms with van der Waals surface area (Å²) in [6, 6.07) is 7.17. The molecule has 1 aromatic carbocycles. The Labute approximate surface area is 156 Å². The Kier molecular flexibility index (Phi) is 5.45. The van der Waals surface area contributed by atoms with E-state index in [1.807, 2.05) is 12.1 Å². The molecule has 1 atom stereocenters. The van der Waals surface area contributed by atoms with Crippen molar-refractivity contribution >= 4 is 39.8 Å². The number of thiophene rings is 1. The summed E-state index contributed by atoms with van der Waals surface area (Å²) in [7, 11) is 1.37. The van der Waals surface area contributed by atoms with Gasteiger partial charge in [0.15, 0.2) is 0 Å². The number of amides is 1. The summed E-state index contributed by atoms with van der Waals surface area (Å²) in [5.74, 6) is 0.0576. The first kappa shape index (κ1) is 18.0. The lowest BCUT2D eigenvalue weighted by Crippen LogP contribution is -2.17. The van der Waals surface area contributed by atoms with Crippen LogP contribution in [0.5, 0.6) is 0 Å². The third-order valence-corrected chi connectivity index (χ3v) is 5.85. The maximum Gasteiger partial charge on any atom is 0.341 e. The number of ether oxygens (including phenoxy) is 1. The van der Waals surface area contributed by atoms with Crippen molar-refractivity contribution in [1.82, 2.24) is 0 Å².